The van der Waals surface area contributed by atoms with E-state index in [2.05, 4.69) is 35.8 Å². The summed E-state index contributed by atoms with van der Waals surface area (Å²) in [6, 6.07) is 7.13. The van der Waals surface area contributed by atoms with Crippen LogP contribution < -0.4 is 16.4 Å². The largest absolute Gasteiger partial charge is 0.505 e. The molecule has 0 saturated carbocycles. The van der Waals surface area contributed by atoms with Gasteiger partial charge in [0.1, 0.15) is 31.0 Å². The lowest BCUT2D eigenvalue weighted by Crippen LogP contribution is -2.16. The van der Waals surface area contributed by atoms with E-state index in [-0.39, 0.29) is 41.0 Å². The summed E-state index contributed by atoms with van der Waals surface area (Å²) in [6.07, 6.45) is 0. The quantitative estimate of drug-likeness (QED) is 0.0702. The lowest BCUT2D eigenvalue weighted by Gasteiger charge is -2.14. The maximum Gasteiger partial charge on any atom is 0.297 e. The molecule has 270 valence electrons. The molecular weight excluding hydrogens is 784 g/mol. The van der Waals surface area contributed by atoms with Crippen LogP contribution in [0.2, 0.25) is 5.28 Å². The van der Waals surface area contributed by atoms with E-state index >= 15 is 0 Å². The fourth-order valence-corrected chi connectivity index (χ4v) is 7.75. The molecule has 0 bridgehead atoms. The Morgan fingerprint density at radius 1 is 0.706 bits per heavy atom. The van der Waals surface area contributed by atoms with Gasteiger partial charge in [0, 0.05) is 29.2 Å². The summed E-state index contributed by atoms with van der Waals surface area (Å²) < 4.78 is 138. The van der Waals surface area contributed by atoms with Crippen LogP contribution in [0, 0.1) is 0 Å². The van der Waals surface area contributed by atoms with Crippen molar-refractivity contribution in [2.45, 2.75) is 19.6 Å². The number of nitrogens with two attached hydrogens (primary N) is 1. The van der Waals surface area contributed by atoms with Crippen LogP contribution in [0.3, 0.4) is 0 Å². The number of hydrogen-bond acceptors (Lipinski definition) is 17. The van der Waals surface area contributed by atoms with Crippen LogP contribution in [0.5, 0.6) is 5.75 Å². The molecule has 1 heterocycles. The molecule has 0 amide bonds. The van der Waals surface area contributed by atoms with E-state index in [0.29, 0.717) is 12.1 Å². The summed E-state index contributed by atoms with van der Waals surface area (Å²) in [7, 11) is -20.6. The number of azo groups is 1. The van der Waals surface area contributed by atoms with Crippen molar-refractivity contribution in [3.8, 4) is 5.75 Å². The van der Waals surface area contributed by atoms with Gasteiger partial charge < -0.3 is 21.5 Å². The van der Waals surface area contributed by atoms with Crippen molar-refractivity contribution in [3.63, 3.8) is 0 Å². The summed E-state index contributed by atoms with van der Waals surface area (Å²) in [5, 5.41) is 21.7. The molecule has 0 saturated heterocycles. The van der Waals surface area contributed by atoms with E-state index in [4.69, 9.17) is 17.3 Å². The number of anilines is 3. The van der Waals surface area contributed by atoms with Gasteiger partial charge in [-0.1, -0.05) is 18.2 Å². The molecule has 0 aliphatic heterocycles. The fourth-order valence-electron chi connectivity index (χ4n) is 4.74. The van der Waals surface area contributed by atoms with Gasteiger partial charge in [0.2, 0.25) is 17.2 Å². The Labute approximate surface area is 292 Å². The highest BCUT2D eigenvalue weighted by atomic mass is 35.5. The van der Waals surface area contributed by atoms with E-state index in [1.165, 1.54) is 0 Å². The molecule has 9 N–H and O–H groups in total. The number of nitrogens with zero attached hydrogens (tertiary/aromatic N) is 5. The second kappa shape index (κ2) is 13.5. The van der Waals surface area contributed by atoms with Crippen molar-refractivity contribution >= 4 is 103 Å². The van der Waals surface area contributed by atoms with Gasteiger partial charge in [-0.25, -0.2) is 0 Å². The third-order valence-corrected chi connectivity index (χ3v) is 10.5. The first-order valence-corrected chi connectivity index (χ1v) is 19.6. The first kappa shape index (κ1) is 37.6. The van der Waals surface area contributed by atoms with Crippen LogP contribution in [0.15, 0.2) is 78.3 Å². The standard InChI is InChI=1S/C25H21ClN8O13S4/c26-23-30-24(28-7-6-27)32-25(31-23)29-16-10-14-11(8-18(16)49(39,40)41)9-19(50(42,43)44)20(21(14)35)34-33-15-5-4-12-13(22(15)51(45,46)47)2-1-3-17(12)48(36,37)38/h1-5,8-10,35H,6-7,27H2,(H,36,37,38)(H,39,40,41)(H,42,43,44)(H,45,46,47)(H2,28,29,30,31,32). The number of halogens is 1. The molecule has 0 unspecified atom stereocenters. The van der Waals surface area contributed by atoms with E-state index in [0.717, 1.165) is 36.4 Å². The Morgan fingerprint density at radius 2 is 1.33 bits per heavy atom. The molecular formula is C25H21ClN8O13S4. The number of hydrogen-bond donors (Lipinski definition) is 8. The smallest absolute Gasteiger partial charge is 0.297 e. The molecule has 0 aliphatic rings. The average molecular weight is 805 g/mol. The highest BCUT2D eigenvalue weighted by Gasteiger charge is 2.27. The van der Waals surface area contributed by atoms with Crippen molar-refractivity contribution in [1.29, 1.82) is 0 Å². The van der Waals surface area contributed by atoms with Crippen LogP contribution >= 0.6 is 11.6 Å². The number of rotatable bonds is 11. The average Bonchev–Trinajstić information content (AvgIpc) is 3.00. The van der Waals surface area contributed by atoms with Gasteiger partial charge in [0.25, 0.3) is 40.5 Å². The second-order valence-electron chi connectivity index (χ2n) is 10.1. The lowest BCUT2D eigenvalue weighted by molar-refractivity contribution is 0.472. The monoisotopic (exact) mass is 804 g/mol. The Balaban J connectivity index is 1.75. The SMILES string of the molecule is NCCNc1nc(Cl)nc(Nc2cc3c(O)c(N=Nc4ccc5c(S(=O)(=O)O)cccc5c4S(=O)(=O)O)c(S(=O)(=O)O)cc3cc2S(=O)(=O)O)n1. The van der Waals surface area contributed by atoms with Gasteiger partial charge in [0.15, 0.2) is 5.75 Å². The number of fused-ring (bicyclic) bond motifs is 2. The predicted molar refractivity (Wildman–Crippen MR) is 179 cm³/mol. The summed E-state index contributed by atoms with van der Waals surface area (Å²) >= 11 is 5.93. The Hall–Kier alpha value is -4.70. The molecule has 4 aromatic carbocycles. The molecule has 0 fully saturated rings. The lowest BCUT2D eigenvalue weighted by atomic mass is 10.1. The third kappa shape index (κ3) is 7.96. The predicted octanol–water partition coefficient (Wildman–Crippen LogP) is 3.05. The van der Waals surface area contributed by atoms with Gasteiger partial charge >= 0.3 is 0 Å². The Bertz CT molecular complexity index is 2750. The van der Waals surface area contributed by atoms with Crippen molar-refractivity contribution in [3.05, 3.63) is 53.8 Å². The maximum atomic E-state index is 12.5. The number of benzene rings is 4. The van der Waals surface area contributed by atoms with Crippen molar-refractivity contribution in [2.75, 3.05) is 23.7 Å². The molecule has 0 atom stereocenters. The molecule has 0 spiro atoms. The van der Waals surface area contributed by atoms with Crippen LogP contribution in [0.1, 0.15) is 0 Å². The minimum absolute atomic E-state index is 0.0901. The minimum atomic E-state index is -5.33. The second-order valence-corrected chi connectivity index (χ2v) is 16.0. The third-order valence-electron chi connectivity index (χ3n) is 6.73. The number of phenolic OH excluding ortho intramolecular Hbond substituents is 1. The van der Waals surface area contributed by atoms with Gasteiger partial charge in [-0.15, -0.1) is 10.2 Å². The van der Waals surface area contributed by atoms with Crippen LogP contribution in [0.4, 0.5) is 29.0 Å². The zero-order chi connectivity index (χ0) is 37.7. The van der Waals surface area contributed by atoms with E-state index in [1.54, 1.807) is 0 Å². The van der Waals surface area contributed by atoms with Crippen molar-refractivity contribution in [2.24, 2.45) is 16.0 Å². The Morgan fingerprint density at radius 3 is 1.94 bits per heavy atom. The minimum Gasteiger partial charge on any atom is -0.505 e. The number of aromatic hydroxyl groups is 1. The van der Waals surface area contributed by atoms with Gasteiger partial charge in [0.05, 0.1) is 5.69 Å². The van der Waals surface area contributed by atoms with E-state index in [1.807, 2.05) is 0 Å². The van der Waals surface area contributed by atoms with Crippen molar-refractivity contribution in [1.82, 2.24) is 15.0 Å². The maximum absolute atomic E-state index is 12.5. The van der Waals surface area contributed by atoms with Gasteiger partial charge in [-0.3, -0.25) is 18.2 Å². The van der Waals surface area contributed by atoms with Crippen molar-refractivity contribution < 1.29 is 57.0 Å². The van der Waals surface area contributed by atoms with Crippen LogP contribution in [-0.4, -0.2) is 85.0 Å². The molecule has 51 heavy (non-hydrogen) atoms. The first-order valence-electron chi connectivity index (χ1n) is 13.4. The number of aromatic nitrogens is 3. The summed E-state index contributed by atoms with van der Waals surface area (Å²) in [6.45, 7) is 0.366. The topological polar surface area (TPSA) is 351 Å². The van der Waals surface area contributed by atoms with E-state index < -0.39 is 93.6 Å². The van der Waals surface area contributed by atoms with E-state index in [9.17, 15) is 57.0 Å². The highest BCUT2D eigenvalue weighted by Crippen LogP contribution is 2.45. The zero-order valence-electron chi connectivity index (χ0n) is 24.9. The summed E-state index contributed by atoms with van der Waals surface area (Å²) in [5.41, 5.74) is 3.19. The van der Waals surface area contributed by atoms with Gasteiger partial charge in [-0.2, -0.15) is 48.6 Å². The molecule has 21 nitrogen and oxygen atoms in total. The van der Waals surface area contributed by atoms with Crippen LogP contribution in [0.25, 0.3) is 21.5 Å². The highest BCUT2D eigenvalue weighted by molar-refractivity contribution is 7.87. The summed E-state index contributed by atoms with van der Waals surface area (Å²) in [4.78, 5) is 7.80. The van der Waals surface area contributed by atoms with Gasteiger partial charge in [-0.05, 0) is 47.3 Å². The molecule has 0 aliphatic carbocycles. The molecule has 5 aromatic rings. The molecule has 26 heteroatoms. The molecule has 0 radical (unpaired) electrons. The number of nitrogens with one attached hydrogen (secondary N) is 2. The number of phenols is 1. The fraction of sp³-hybridized carbons (Fsp3) is 0.0800. The van der Waals surface area contributed by atoms with Crippen LogP contribution in [-0.2, 0) is 40.5 Å². The zero-order valence-corrected chi connectivity index (χ0v) is 28.9. The molecule has 5 rings (SSSR count). The first-order chi connectivity index (χ1) is 23.6. The molecule has 1 aromatic heterocycles. The summed E-state index contributed by atoms with van der Waals surface area (Å²) in [5.74, 6) is -1.55. The normalized spacial score (nSPS) is 12.9. The Kier molecular flexibility index (Phi) is 9.90.